The SMILES string of the molecule is C[C@@H]1O[C@@H](OCCC[C@@H](O)CC(=O)SCCNC(=O)CCNC(=O)[C@H](O)C(C)(C)COP(=O)([O-])OP(=O)([O-])OC[C@H]2O[C@@H](n3cnc4c(N)ncnc43)[C@H](O)[C@@H]2OP(=O)([O-])[O-])[C@H](O)C[C@H]1O. The number of nitrogens with two attached hydrogens (primary N) is 1. The first-order valence-corrected chi connectivity index (χ1v) is 25.3. The molecule has 2 aliphatic rings. The molecule has 4 heterocycles. The van der Waals surface area contributed by atoms with E-state index in [1.54, 1.807) is 6.92 Å². The highest BCUT2D eigenvalue weighted by atomic mass is 32.2. The van der Waals surface area contributed by atoms with Crippen LogP contribution in [-0.4, -0.2) is 156 Å². The molecule has 2 aliphatic heterocycles. The van der Waals surface area contributed by atoms with E-state index in [1.165, 1.54) is 13.8 Å². The minimum Gasteiger partial charge on any atom is -0.790 e. The topological polar surface area (TPSA) is 454 Å². The number of carbonyl (C=O) groups excluding carboxylic acids is 3. The molecule has 4 rings (SSSR count). The van der Waals surface area contributed by atoms with Crippen molar-refractivity contribution in [2.24, 2.45) is 5.41 Å². The second-order valence-corrected chi connectivity index (χ2v) is 20.9. The molecule has 9 N–H and O–H groups in total. The van der Waals surface area contributed by atoms with Crippen molar-refractivity contribution < 1.29 is 105 Å². The maximum absolute atomic E-state index is 12.6. The summed E-state index contributed by atoms with van der Waals surface area (Å²) in [5.41, 5.74) is 4.00. The van der Waals surface area contributed by atoms with Crippen LogP contribution in [0.4, 0.5) is 5.82 Å². The fourth-order valence-electron chi connectivity index (χ4n) is 6.24. The number of aromatic nitrogens is 4. The minimum absolute atomic E-state index is 0.0301. The normalized spacial score (nSPS) is 26.6. The van der Waals surface area contributed by atoms with Gasteiger partial charge in [-0.15, -0.1) is 0 Å². The predicted octanol–water partition coefficient (Wildman–Crippen LogP) is -4.46. The summed E-state index contributed by atoms with van der Waals surface area (Å²) in [7, 11) is -17.7. The first kappa shape index (κ1) is 56.0. The molecule has 0 aromatic carbocycles. The number of hydrogen-bond acceptors (Lipinski definition) is 27. The van der Waals surface area contributed by atoms with Crippen molar-refractivity contribution in [3.63, 3.8) is 0 Å². The molecule has 0 radical (unpaired) electrons. The third kappa shape index (κ3) is 17.1. The number of ether oxygens (including phenoxy) is 3. The zero-order valence-electron chi connectivity index (χ0n) is 35.5. The average Bonchev–Trinajstić information content (AvgIpc) is 3.78. The Morgan fingerprint density at radius 2 is 1.71 bits per heavy atom. The van der Waals surface area contributed by atoms with E-state index in [4.69, 9.17) is 19.9 Å². The van der Waals surface area contributed by atoms with E-state index in [9.17, 15) is 73.2 Å². The van der Waals surface area contributed by atoms with Gasteiger partial charge in [-0.25, -0.2) is 19.3 Å². The van der Waals surface area contributed by atoms with Gasteiger partial charge in [0.1, 0.15) is 42.4 Å². The lowest BCUT2D eigenvalue weighted by Crippen LogP contribution is -2.47. The highest BCUT2D eigenvalue weighted by Crippen LogP contribution is 2.56. The van der Waals surface area contributed by atoms with E-state index >= 15 is 0 Å². The molecule has 12 atom stereocenters. The fourth-order valence-corrected chi connectivity index (χ4v) is 9.72. The zero-order chi connectivity index (χ0) is 49.2. The van der Waals surface area contributed by atoms with Crippen LogP contribution in [0.5, 0.6) is 0 Å². The Labute approximate surface area is 380 Å². The van der Waals surface area contributed by atoms with Gasteiger partial charge < -0.3 is 93.8 Å². The quantitative estimate of drug-likeness (QED) is 0.0325. The number of anilines is 1. The number of hydrogen-bond donors (Lipinski definition) is 8. The molecular formula is C33H52N7O22P3S-4. The molecule has 2 amide bonds. The van der Waals surface area contributed by atoms with E-state index in [2.05, 4.69) is 43.5 Å². The third-order valence-electron chi connectivity index (χ3n) is 9.79. The number of nitrogen functional groups attached to an aromatic ring is 1. The summed E-state index contributed by atoms with van der Waals surface area (Å²) in [5, 5.41) is 55.7. The lowest BCUT2D eigenvalue weighted by Gasteiger charge is -2.36. The summed E-state index contributed by atoms with van der Waals surface area (Å²) in [6.45, 7) is 1.59. The number of nitrogens with one attached hydrogen (secondary N) is 2. The van der Waals surface area contributed by atoms with Crippen LogP contribution < -0.4 is 35.9 Å². The molecule has 376 valence electrons. The van der Waals surface area contributed by atoms with Crippen molar-refractivity contribution >= 4 is 69.1 Å². The van der Waals surface area contributed by atoms with Crippen molar-refractivity contribution in [3.8, 4) is 0 Å². The lowest BCUT2D eigenvalue weighted by molar-refractivity contribution is -0.347. The van der Waals surface area contributed by atoms with Gasteiger partial charge in [0, 0.05) is 50.1 Å². The van der Waals surface area contributed by atoms with Crippen molar-refractivity contribution in [2.75, 3.05) is 44.4 Å². The molecule has 0 bridgehead atoms. The number of fused-ring (bicyclic) bond motifs is 1. The largest absolute Gasteiger partial charge is 0.790 e. The van der Waals surface area contributed by atoms with Crippen molar-refractivity contribution in [3.05, 3.63) is 12.7 Å². The Morgan fingerprint density at radius 3 is 2.41 bits per heavy atom. The first-order chi connectivity index (χ1) is 30.7. The molecule has 2 aromatic rings. The van der Waals surface area contributed by atoms with Gasteiger partial charge in [0.25, 0.3) is 15.6 Å². The van der Waals surface area contributed by atoms with E-state index in [1.807, 2.05) is 0 Å². The molecule has 2 saturated heterocycles. The van der Waals surface area contributed by atoms with Crippen molar-refractivity contribution in [1.82, 2.24) is 30.2 Å². The molecule has 0 aliphatic carbocycles. The maximum atomic E-state index is 12.6. The van der Waals surface area contributed by atoms with E-state index < -0.39 is 115 Å². The molecule has 2 aromatic heterocycles. The van der Waals surface area contributed by atoms with Crippen LogP contribution in [0.2, 0.25) is 0 Å². The standard InChI is InChI=1S/C33H56N7O22P3S/c1-17-19(42)12-20(43)32(59-17)56-9-4-5-18(41)11-23(45)66-10-8-35-22(44)6-7-36-30(48)27(47)33(2,3)14-58-65(54,55)62-64(52,53)57-13-21-26(61-63(49,50)51)25(46)31(60-21)40-16-39-24-28(34)37-15-38-29(24)40/h15-21,25-27,31-32,41-43,46-47H,4-14H2,1-3H3,(H,35,44)(H,36,48)(H,52,53)(H,54,55)(H2,34,37,38)(H2,49,50,51)/p-4/t17-,18+,19+,20+,21+,25+,26+,27-,31+,32+/m0/s1. The van der Waals surface area contributed by atoms with Crippen LogP contribution in [0, 0.1) is 5.41 Å². The van der Waals surface area contributed by atoms with Crippen LogP contribution in [0.15, 0.2) is 12.7 Å². The number of phosphoric ester groups is 3. The number of phosphoric acid groups is 3. The fraction of sp³-hybridized carbons (Fsp3) is 0.758. The van der Waals surface area contributed by atoms with Crippen molar-refractivity contribution in [2.45, 2.75) is 114 Å². The summed E-state index contributed by atoms with van der Waals surface area (Å²) in [4.78, 5) is 96.7. The summed E-state index contributed by atoms with van der Waals surface area (Å²) in [6, 6.07) is 0. The molecule has 33 heteroatoms. The number of amides is 2. The monoisotopic (exact) mass is 1020 g/mol. The van der Waals surface area contributed by atoms with E-state index in [0.717, 1.165) is 29.0 Å². The molecule has 66 heavy (non-hydrogen) atoms. The Morgan fingerprint density at radius 1 is 1.02 bits per heavy atom. The Hall–Kier alpha value is -2.64. The summed E-state index contributed by atoms with van der Waals surface area (Å²) in [6.07, 6.45) is -11.4. The minimum atomic E-state index is -5.95. The van der Waals surface area contributed by atoms with Gasteiger partial charge in [-0.1, -0.05) is 25.6 Å². The molecule has 0 spiro atoms. The van der Waals surface area contributed by atoms with E-state index in [-0.39, 0.29) is 73.2 Å². The summed E-state index contributed by atoms with van der Waals surface area (Å²) in [5.74, 6) is -1.52. The van der Waals surface area contributed by atoms with Crippen molar-refractivity contribution in [1.29, 1.82) is 0 Å². The molecule has 2 fully saturated rings. The van der Waals surface area contributed by atoms with Gasteiger partial charge in [-0.05, 0) is 19.8 Å². The van der Waals surface area contributed by atoms with Gasteiger partial charge in [0.15, 0.2) is 29.1 Å². The van der Waals surface area contributed by atoms with Crippen LogP contribution in [0.1, 0.15) is 59.1 Å². The number of thioether (sulfide) groups is 1. The zero-order valence-corrected chi connectivity index (χ0v) is 39.0. The number of aliphatic hydroxyl groups excluding tert-OH is 5. The lowest BCUT2D eigenvalue weighted by atomic mass is 9.87. The highest BCUT2D eigenvalue weighted by Gasteiger charge is 2.47. The highest BCUT2D eigenvalue weighted by molar-refractivity contribution is 8.13. The van der Waals surface area contributed by atoms with Crippen LogP contribution in [0.25, 0.3) is 11.2 Å². The smallest absolute Gasteiger partial charge is 0.274 e. The van der Waals surface area contributed by atoms with Crippen LogP contribution in [-0.2, 0) is 60.2 Å². The number of nitrogens with zero attached hydrogens (tertiary/aromatic N) is 4. The Bertz CT molecular complexity index is 2100. The van der Waals surface area contributed by atoms with Crippen LogP contribution >= 0.6 is 35.2 Å². The molecule has 29 nitrogen and oxygen atoms in total. The second-order valence-electron chi connectivity index (χ2n) is 15.7. The molecular weight excluding hydrogens is 971 g/mol. The number of carbonyl (C=O) groups is 3. The number of aliphatic hydroxyl groups is 5. The Balaban J connectivity index is 1.13. The molecule has 0 saturated carbocycles. The predicted molar refractivity (Wildman–Crippen MR) is 215 cm³/mol. The second kappa shape index (κ2) is 24.3. The summed E-state index contributed by atoms with van der Waals surface area (Å²) >= 11 is 0.881. The van der Waals surface area contributed by atoms with Gasteiger partial charge in [0.05, 0.1) is 45.7 Å². The van der Waals surface area contributed by atoms with Gasteiger partial charge in [-0.3, -0.25) is 28.1 Å². The maximum Gasteiger partial charge on any atom is 0.274 e. The van der Waals surface area contributed by atoms with E-state index in [0.29, 0.717) is 6.42 Å². The Kier molecular flexibility index (Phi) is 20.6. The number of imidazole rings is 1. The van der Waals surface area contributed by atoms with Gasteiger partial charge in [0.2, 0.25) is 11.8 Å². The first-order valence-electron chi connectivity index (χ1n) is 20.0. The summed E-state index contributed by atoms with van der Waals surface area (Å²) < 4.78 is 71.5. The average molecular weight is 1020 g/mol. The third-order valence-corrected chi connectivity index (χ3v) is 13.7. The van der Waals surface area contributed by atoms with Gasteiger partial charge >= 0.3 is 0 Å². The van der Waals surface area contributed by atoms with Crippen LogP contribution in [0.3, 0.4) is 0 Å². The van der Waals surface area contributed by atoms with Gasteiger partial charge in [-0.2, -0.15) is 0 Å². The number of rotatable bonds is 26. The molecule has 2 unspecified atom stereocenters.